The number of benzene rings is 1. The maximum atomic E-state index is 13.6. The van der Waals surface area contributed by atoms with E-state index in [1.165, 1.54) is 6.07 Å². The zero-order chi connectivity index (χ0) is 13.3. The van der Waals surface area contributed by atoms with E-state index in [2.05, 4.69) is 0 Å². The first-order valence-electron chi connectivity index (χ1n) is 5.78. The molecular weight excluding hydrogens is 245 g/mol. The van der Waals surface area contributed by atoms with Crippen LogP contribution in [0.5, 0.6) is 0 Å². The summed E-state index contributed by atoms with van der Waals surface area (Å²) in [5.74, 6) is -3.85. The molecule has 1 saturated heterocycles. The van der Waals surface area contributed by atoms with E-state index in [4.69, 9.17) is 5.73 Å². The van der Waals surface area contributed by atoms with Crippen LogP contribution in [0.1, 0.15) is 12.8 Å². The SMILES string of the molecule is NCC1(O)CCN(c2ccc(F)c(F)c2F)CC1. The van der Waals surface area contributed by atoms with Crippen molar-refractivity contribution < 1.29 is 18.3 Å². The van der Waals surface area contributed by atoms with Gasteiger partial charge in [0, 0.05) is 19.6 Å². The van der Waals surface area contributed by atoms with E-state index in [1.54, 1.807) is 4.90 Å². The third-order valence-electron chi connectivity index (χ3n) is 3.43. The minimum Gasteiger partial charge on any atom is -0.388 e. The first kappa shape index (κ1) is 13.2. The monoisotopic (exact) mass is 260 g/mol. The molecule has 1 fully saturated rings. The van der Waals surface area contributed by atoms with Crippen molar-refractivity contribution in [2.24, 2.45) is 5.73 Å². The topological polar surface area (TPSA) is 49.5 Å². The average Bonchev–Trinajstić information content (AvgIpc) is 2.38. The number of anilines is 1. The molecule has 2 rings (SSSR count). The summed E-state index contributed by atoms with van der Waals surface area (Å²) in [6.07, 6.45) is 0.754. The Hall–Kier alpha value is -1.27. The maximum Gasteiger partial charge on any atom is 0.196 e. The number of piperidine rings is 1. The van der Waals surface area contributed by atoms with E-state index >= 15 is 0 Å². The van der Waals surface area contributed by atoms with Crippen molar-refractivity contribution in [1.82, 2.24) is 0 Å². The predicted molar refractivity (Wildman–Crippen MR) is 61.8 cm³/mol. The Morgan fingerprint density at radius 3 is 2.33 bits per heavy atom. The Morgan fingerprint density at radius 1 is 1.17 bits per heavy atom. The maximum absolute atomic E-state index is 13.6. The molecule has 0 amide bonds. The van der Waals surface area contributed by atoms with Crippen molar-refractivity contribution in [3.63, 3.8) is 0 Å². The molecule has 0 aromatic heterocycles. The average molecular weight is 260 g/mol. The highest BCUT2D eigenvalue weighted by Crippen LogP contribution is 2.29. The summed E-state index contributed by atoms with van der Waals surface area (Å²) in [7, 11) is 0. The second-order valence-corrected chi connectivity index (χ2v) is 4.61. The van der Waals surface area contributed by atoms with E-state index in [0.717, 1.165) is 6.07 Å². The Labute approximate surface area is 103 Å². The van der Waals surface area contributed by atoms with Crippen LogP contribution >= 0.6 is 0 Å². The molecule has 0 bridgehead atoms. The zero-order valence-electron chi connectivity index (χ0n) is 9.80. The summed E-state index contributed by atoms with van der Waals surface area (Å²) in [5.41, 5.74) is 4.53. The van der Waals surface area contributed by atoms with Crippen molar-refractivity contribution in [3.8, 4) is 0 Å². The van der Waals surface area contributed by atoms with Crippen molar-refractivity contribution in [3.05, 3.63) is 29.6 Å². The summed E-state index contributed by atoms with van der Waals surface area (Å²) in [6.45, 7) is 0.854. The number of rotatable bonds is 2. The van der Waals surface area contributed by atoms with E-state index < -0.39 is 23.1 Å². The largest absolute Gasteiger partial charge is 0.388 e. The van der Waals surface area contributed by atoms with E-state index in [-0.39, 0.29) is 12.2 Å². The summed E-state index contributed by atoms with van der Waals surface area (Å²) < 4.78 is 39.5. The Bertz CT molecular complexity index is 445. The Balaban J connectivity index is 2.18. The standard InChI is InChI=1S/C12H15F3N2O/c13-8-1-2-9(11(15)10(8)14)17-5-3-12(18,7-16)4-6-17/h1-2,18H,3-7,16H2. The van der Waals surface area contributed by atoms with Gasteiger partial charge in [-0.2, -0.15) is 0 Å². The van der Waals surface area contributed by atoms with Gasteiger partial charge in [-0.15, -0.1) is 0 Å². The lowest BCUT2D eigenvalue weighted by Gasteiger charge is -2.38. The van der Waals surface area contributed by atoms with Gasteiger partial charge in [-0.25, -0.2) is 13.2 Å². The highest BCUT2D eigenvalue weighted by molar-refractivity contribution is 5.49. The first-order valence-corrected chi connectivity index (χ1v) is 5.78. The molecule has 1 aliphatic rings. The molecule has 3 nitrogen and oxygen atoms in total. The molecule has 0 spiro atoms. The molecule has 0 saturated carbocycles. The van der Waals surface area contributed by atoms with Crippen molar-refractivity contribution in [2.75, 3.05) is 24.5 Å². The number of nitrogens with zero attached hydrogens (tertiary/aromatic N) is 1. The fraction of sp³-hybridized carbons (Fsp3) is 0.500. The van der Waals surface area contributed by atoms with Gasteiger partial charge in [0.05, 0.1) is 11.3 Å². The number of halogens is 3. The van der Waals surface area contributed by atoms with Gasteiger partial charge in [0.25, 0.3) is 0 Å². The molecule has 3 N–H and O–H groups in total. The summed E-state index contributed by atoms with van der Waals surface area (Å²) in [4.78, 5) is 1.59. The van der Waals surface area contributed by atoms with E-state index in [1.807, 2.05) is 0 Å². The third-order valence-corrected chi connectivity index (χ3v) is 3.43. The van der Waals surface area contributed by atoms with Gasteiger partial charge in [-0.05, 0) is 25.0 Å². The summed E-state index contributed by atoms with van der Waals surface area (Å²) >= 11 is 0. The van der Waals surface area contributed by atoms with Gasteiger partial charge in [-0.1, -0.05) is 0 Å². The molecule has 1 aromatic carbocycles. The minimum atomic E-state index is -1.47. The number of hydrogen-bond donors (Lipinski definition) is 2. The lowest BCUT2D eigenvalue weighted by molar-refractivity contribution is 0.0248. The number of aliphatic hydroxyl groups is 1. The van der Waals surface area contributed by atoms with Crippen LogP contribution in [0.4, 0.5) is 18.9 Å². The molecule has 0 aliphatic carbocycles. The Morgan fingerprint density at radius 2 is 1.78 bits per heavy atom. The highest BCUT2D eigenvalue weighted by Gasteiger charge is 2.32. The predicted octanol–water partition coefficient (Wildman–Crippen LogP) is 1.39. The van der Waals surface area contributed by atoms with Crippen molar-refractivity contribution in [2.45, 2.75) is 18.4 Å². The van der Waals surface area contributed by atoms with Crippen molar-refractivity contribution in [1.29, 1.82) is 0 Å². The molecular formula is C12H15F3N2O. The van der Waals surface area contributed by atoms with Crippen LogP contribution in [0.15, 0.2) is 12.1 Å². The number of hydrogen-bond acceptors (Lipinski definition) is 3. The summed E-state index contributed by atoms with van der Waals surface area (Å²) in [6, 6.07) is 2.11. The van der Waals surface area contributed by atoms with Crippen LogP contribution in [0.2, 0.25) is 0 Å². The van der Waals surface area contributed by atoms with E-state index in [0.29, 0.717) is 25.9 Å². The fourth-order valence-electron chi connectivity index (χ4n) is 2.13. The van der Waals surface area contributed by atoms with Crippen LogP contribution in [-0.4, -0.2) is 30.3 Å². The molecule has 0 unspecified atom stereocenters. The zero-order valence-corrected chi connectivity index (χ0v) is 9.80. The molecule has 18 heavy (non-hydrogen) atoms. The van der Waals surface area contributed by atoms with Gasteiger partial charge in [0.1, 0.15) is 0 Å². The second-order valence-electron chi connectivity index (χ2n) is 4.61. The molecule has 1 aromatic rings. The lowest BCUT2D eigenvalue weighted by atomic mass is 9.91. The Kier molecular flexibility index (Phi) is 3.49. The fourth-order valence-corrected chi connectivity index (χ4v) is 2.13. The molecule has 100 valence electrons. The van der Waals surface area contributed by atoms with Crippen LogP contribution < -0.4 is 10.6 Å². The lowest BCUT2D eigenvalue weighted by Crippen LogP contribution is -2.49. The first-order chi connectivity index (χ1) is 8.47. The third kappa shape index (κ3) is 2.30. The van der Waals surface area contributed by atoms with Gasteiger partial charge >= 0.3 is 0 Å². The van der Waals surface area contributed by atoms with Crippen LogP contribution in [0.25, 0.3) is 0 Å². The quantitative estimate of drug-likeness (QED) is 0.790. The van der Waals surface area contributed by atoms with Crippen molar-refractivity contribution >= 4 is 5.69 Å². The minimum absolute atomic E-state index is 0.0213. The van der Waals surface area contributed by atoms with Gasteiger partial charge in [0.15, 0.2) is 17.5 Å². The normalized spacial score (nSPS) is 19.1. The summed E-state index contributed by atoms with van der Waals surface area (Å²) in [5, 5.41) is 9.93. The van der Waals surface area contributed by atoms with Gasteiger partial charge in [0.2, 0.25) is 0 Å². The van der Waals surface area contributed by atoms with E-state index in [9.17, 15) is 18.3 Å². The molecule has 1 heterocycles. The molecule has 1 aliphatic heterocycles. The number of nitrogens with two attached hydrogens (primary N) is 1. The molecule has 0 atom stereocenters. The molecule has 0 radical (unpaired) electrons. The highest BCUT2D eigenvalue weighted by atomic mass is 19.2. The molecule has 6 heteroatoms. The van der Waals surface area contributed by atoms with Crippen LogP contribution in [-0.2, 0) is 0 Å². The van der Waals surface area contributed by atoms with Gasteiger partial charge < -0.3 is 15.7 Å². The second kappa shape index (κ2) is 4.78. The van der Waals surface area contributed by atoms with Crippen LogP contribution in [0, 0.1) is 17.5 Å². The van der Waals surface area contributed by atoms with Crippen LogP contribution in [0.3, 0.4) is 0 Å². The van der Waals surface area contributed by atoms with Gasteiger partial charge in [-0.3, -0.25) is 0 Å². The smallest absolute Gasteiger partial charge is 0.196 e.